The van der Waals surface area contributed by atoms with E-state index in [1.807, 2.05) is 27.1 Å². The molecule has 0 aromatic carbocycles. The third-order valence-corrected chi connectivity index (χ3v) is 6.65. The molecule has 1 amide bonds. The molecule has 0 N–H and O–H groups in total. The van der Waals surface area contributed by atoms with Crippen LogP contribution in [-0.2, 0) is 9.59 Å². The molecule has 2 aliphatic carbocycles. The van der Waals surface area contributed by atoms with Gasteiger partial charge < -0.3 is 9.80 Å². The van der Waals surface area contributed by atoms with Gasteiger partial charge in [0.1, 0.15) is 5.82 Å². The van der Waals surface area contributed by atoms with E-state index in [1.54, 1.807) is 11.0 Å². The van der Waals surface area contributed by atoms with Crippen LogP contribution in [0.4, 0.5) is 0 Å². The summed E-state index contributed by atoms with van der Waals surface area (Å²) in [5.41, 5.74) is 5.02. The van der Waals surface area contributed by atoms with Crippen LogP contribution in [0.15, 0.2) is 64.6 Å². The number of hydrogen-bond acceptors (Lipinski definition) is 4. The third kappa shape index (κ3) is 2.64. The van der Waals surface area contributed by atoms with Crippen molar-refractivity contribution in [1.29, 1.82) is 0 Å². The van der Waals surface area contributed by atoms with Gasteiger partial charge in [0.2, 0.25) is 5.91 Å². The zero-order valence-electron chi connectivity index (χ0n) is 16.9. The molecule has 2 heterocycles. The first kappa shape index (κ1) is 18.7. The molecule has 5 nitrogen and oxygen atoms in total. The molecule has 4 aliphatic rings. The number of amides is 1. The number of nitrogens with zero attached hydrogens (tertiary/aromatic N) is 3. The molecule has 2 atom stereocenters. The molecule has 28 heavy (non-hydrogen) atoms. The lowest BCUT2D eigenvalue weighted by Crippen LogP contribution is -2.42. The summed E-state index contributed by atoms with van der Waals surface area (Å²) in [5, 5.41) is 0. The summed E-state index contributed by atoms with van der Waals surface area (Å²) in [6.07, 6.45) is 9.04. The van der Waals surface area contributed by atoms with Crippen molar-refractivity contribution in [3.05, 3.63) is 59.6 Å². The van der Waals surface area contributed by atoms with Crippen molar-refractivity contribution in [3.63, 3.8) is 0 Å². The third-order valence-electron chi connectivity index (χ3n) is 6.65. The quantitative estimate of drug-likeness (QED) is 0.666. The smallest absolute Gasteiger partial charge is 0.230 e. The summed E-state index contributed by atoms with van der Waals surface area (Å²) in [4.78, 5) is 33.4. The van der Waals surface area contributed by atoms with Gasteiger partial charge in [-0.15, -0.1) is 0 Å². The molecule has 0 aromatic rings. The predicted octanol–water partition coefficient (Wildman–Crippen LogP) is 3.53. The Morgan fingerprint density at radius 1 is 1.39 bits per heavy atom. The molecule has 2 aliphatic heterocycles. The van der Waals surface area contributed by atoms with Crippen LogP contribution in [0.1, 0.15) is 39.0 Å². The summed E-state index contributed by atoms with van der Waals surface area (Å²) in [7, 11) is 3.84. The molecular formula is C23H27N3O2. The predicted molar refractivity (Wildman–Crippen MR) is 110 cm³/mol. The van der Waals surface area contributed by atoms with Gasteiger partial charge >= 0.3 is 0 Å². The molecule has 0 saturated heterocycles. The lowest BCUT2D eigenvalue weighted by Gasteiger charge is -2.35. The Labute approximate surface area is 166 Å². The van der Waals surface area contributed by atoms with Crippen LogP contribution < -0.4 is 0 Å². The number of fused-ring (bicyclic) bond motifs is 1. The molecule has 2 unspecified atom stereocenters. The van der Waals surface area contributed by atoms with Crippen LogP contribution >= 0.6 is 0 Å². The van der Waals surface area contributed by atoms with E-state index in [-0.39, 0.29) is 23.1 Å². The number of carbonyl (C=O) groups is 2. The Hall–Kier alpha value is -2.69. The number of rotatable bonds is 6. The first-order chi connectivity index (χ1) is 13.3. The summed E-state index contributed by atoms with van der Waals surface area (Å²) >= 11 is 0. The summed E-state index contributed by atoms with van der Waals surface area (Å²) in [6.45, 7) is 9.98. The molecule has 146 valence electrons. The van der Waals surface area contributed by atoms with Gasteiger partial charge in [0.25, 0.3) is 0 Å². The average Bonchev–Trinajstić information content (AvgIpc) is 3.23. The van der Waals surface area contributed by atoms with E-state index >= 15 is 0 Å². The van der Waals surface area contributed by atoms with Gasteiger partial charge in [0.05, 0.1) is 17.7 Å². The molecule has 0 bridgehead atoms. The maximum absolute atomic E-state index is 13.0. The fourth-order valence-corrected chi connectivity index (χ4v) is 4.89. The lowest BCUT2D eigenvalue weighted by atomic mass is 9.95. The number of aliphatic imine (C=N–C) groups is 1. The molecule has 0 spiro atoms. The van der Waals surface area contributed by atoms with Crippen molar-refractivity contribution in [1.82, 2.24) is 9.80 Å². The number of ketones is 1. The van der Waals surface area contributed by atoms with Crippen LogP contribution in [0.25, 0.3) is 0 Å². The zero-order chi connectivity index (χ0) is 20.2. The van der Waals surface area contributed by atoms with E-state index in [2.05, 4.69) is 29.1 Å². The van der Waals surface area contributed by atoms with Crippen LogP contribution in [-0.4, -0.2) is 46.8 Å². The summed E-state index contributed by atoms with van der Waals surface area (Å²) < 4.78 is 0. The highest BCUT2D eigenvalue weighted by molar-refractivity contribution is 6.42. The molecule has 0 aromatic heterocycles. The van der Waals surface area contributed by atoms with Gasteiger partial charge in [0.15, 0.2) is 5.78 Å². The maximum Gasteiger partial charge on any atom is 0.230 e. The SMILES string of the molecule is C=C/C=C1/N=C(C(=O)CCC2=CC3=C(CC(=O)N3C)C2)C2CC2(C(=C)C)N1C. The van der Waals surface area contributed by atoms with Crippen LogP contribution in [0.5, 0.6) is 0 Å². The highest BCUT2D eigenvalue weighted by atomic mass is 16.2. The zero-order valence-corrected chi connectivity index (χ0v) is 16.9. The standard InChI is InChI=1S/C23H27N3O2/c1-6-7-20-24-22(17-13-23(17,14(2)3)26(20)5)19(27)9-8-15-10-16-12-21(28)25(4)18(16)11-15/h6-7,11,17H,1-2,8-10,12-13H2,3-5H3/b20-7-. The Morgan fingerprint density at radius 3 is 2.79 bits per heavy atom. The monoisotopic (exact) mass is 377 g/mol. The largest absolute Gasteiger partial charge is 0.350 e. The number of hydrogen-bond donors (Lipinski definition) is 0. The molecule has 0 radical (unpaired) electrons. The van der Waals surface area contributed by atoms with Gasteiger partial charge in [-0.25, -0.2) is 4.99 Å². The summed E-state index contributed by atoms with van der Waals surface area (Å²) in [5.74, 6) is 1.18. The second kappa shape index (κ2) is 6.43. The summed E-state index contributed by atoms with van der Waals surface area (Å²) in [6, 6.07) is 0. The van der Waals surface area contributed by atoms with Crippen molar-refractivity contribution >= 4 is 17.4 Å². The minimum atomic E-state index is -0.181. The van der Waals surface area contributed by atoms with Gasteiger partial charge in [-0.2, -0.15) is 0 Å². The van der Waals surface area contributed by atoms with E-state index in [1.165, 1.54) is 11.1 Å². The Balaban J connectivity index is 1.48. The maximum atomic E-state index is 13.0. The molecule has 1 fully saturated rings. The van der Waals surface area contributed by atoms with Gasteiger partial charge in [-0.3, -0.25) is 9.59 Å². The average molecular weight is 377 g/mol. The molecular weight excluding hydrogens is 350 g/mol. The molecule has 4 rings (SSSR count). The van der Waals surface area contributed by atoms with Crippen molar-refractivity contribution < 1.29 is 9.59 Å². The van der Waals surface area contributed by atoms with Crippen molar-refractivity contribution in [2.24, 2.45) is 10.9 Å². The Bertz CT molecular complexity index is 933. The molecule has 1 saturated carbocycles. The van der Waals surface area contributed by atoms with E-state index in [9.17, 15) is 9.59 Å². The highest BCUT2D eigenvalue weighted by Crippen LogP contribution is 2.57. The van der Waals surface area contributed by atoms with Gasteiger partial charge in [-0.1, -0.05) is 30.4 Å². The van der Waals surface area contributed by atoms with Crippen molar-refractivity contribution in [3.8, 4) is 0 Å². The van der Waals surface area contributed by atoms with E-state index in [0.29, 0.717) is 18.6 Å². The minimum Gasteiger partial charge on any atom is -0.350 e. The molecule has 5 heteroatoms. The van der Waals surface area contributed by atoms with E-state index in [0.717, 1.165) is 36.4 Å². The fourth-order valence-electron chi connectivity index (χ4n) is 4.89. The van der Waals surface area contributed by atoms with Crippen molar-refractivity contribution in [2.45, 2.75) is 44.6 Å². The second-order valence-electron chi connectivity index (χ2n) is 8.30. The number of allylic oxidation sites excluding steroid dienone is 4. The second-order valence-corrected chi connectivity index (χ2v) is 8.30. The number of Topliss-reactive ketones (excluding diaryl/α,β-unsaturated/α-hetero) is 1. The first-order valence-corrected chi connectivity index (χ1v) is 9.82. The van der Waals surface area contributed by atoms with Gasteiger partial charge in [0, 0.05) is 32.1 Å². The van der Waals surface area contributed by atoms with E-state index < -0.39 is 0 Å². The van der Waals surface area contributed by atoms with E-state index in [4.69, 9.17) is 0 Å². The van der Waals surface area contributed by atoms with Gasteiger partial charge in [-0.05, 0) is 43.9 Å². The number of carbonyl (C=O) groups excluding carboxylic acids is 2. The van der Waals surface area contributed by atoms with Crippen LogP contribution in [0, 0.1) is 5.92 Å². The Morgan fingerprint density at radius 2 is 2.14 bits per heavy atom. The fraction of sp³-hybridized carbons (Fsp3) is 0.435. The first-order valence-electron chi connectivity index (χ1n) is 9.82. The lowest BCUT2D eigenvalue weighted by molar-refractivity contribution is -0.126. The van der Waals surface area contributed by atoms with Crippen LogP contribution in [0.3, 0.4) is 0 Å². The Kier molecular flexibility index (Phi) is 4.29. The highest BCUT2D eigenvalue weighted by Gasteiger charge is 2.63. The van der Waals surface area contributed by atoms with Crippen molar-refractivity contribution in [2.75, 3.05) is 14.1 Å². The van der Waals surface area contributed by atoms with Crippen LogP contribution in [0.2, 0.25) is 0 Å². The topological polar surface area (TPSA) is 53.0 Å². The number of likely N-dealkylation sites (N-methyl/N-ethyl adjacent to an activating group) is 2. The normalized spacial score (nSPS) is 29.6. The minimum absolute atomic E-state index is 0.119.